The SMILES string of the molecule is COc1ccc(C(C)CC(=O)Nc2cc(C)ccc2C)c(OC)c1. The normalized spacial score (nSPS) is 11.7. The molecular weight excluding hydrogens is 302 g/mol. The number of amides is 1. The molecule has 0 aliphatic heterocycles. The first-order valence-corrected chi connectivity index (χ1v) is 8.03. The molecule has 4 nitrogen and oxygen atoms in total. The number of carbonyl (C=O) groups is 1. The Kier molecular flexibility index (Phi) is 5.85. The minimum atomic E-state index is -0.00549. The van der Waals surface area contributed by atoms with Crippen LogP contribution in [-0.2, 0) is 4.79 Å². The van der Waals surface area contributed by atoms with Crippen LogP contribution in [0.4, 0.5) is 5.69 Å². The average molecular weight is 327 g/mol. The molecule has 0 aliphatic carbocycles. The molecule has 0 bridgehead atoms. The molecule has 4 heteroatoms. The Hall–Kier alpha value is -2.49. The van der Waals surface area contributed by atoms with Crippen LogP contribution in [0.25, 0.3) is 0 Å². The van der Waals surface area contributed by atoms with Gasteiger partial charge >= 0.3 is 0 Å². The maximum atomic E-state index is 12.4. The second kappa shape index (κ2) is 7.86. The number of hydrogen-bond donors (Lipinski definition) is 1. The largest absolute Gasteiger partial charge is 0.497 e. The van der Waals surface area contributed by atoms with Crippen molar-refractivity contribution < 1.29 is 14.3 Å². The van der Waals surface area contributed by atoms with Gasteiger partial charge < -0.3 is 14.8 Å². The highest BCUT2D eigenvalue weighted by Gasteiger charge is 2.16. The number of carbonyl (C=O) groups excluding carboxylic acids is 1. The van der Waals surface area contributed by atoms with Gasteiger partial charge in [-0.1, -0.05) is 25.1 Å². The Morgan fingerprint density at radius 3 is 2.50 bits per heavy atom. The zero-order valence-corrected chi connectivity index (χ0v) is 15.0. The van der Waals surface area contributed by atoms with E-state index in [-0.39, 0.29) is 11.8 Å². The van der Waals surface area contributed by atoms with Crippen molar-refractivity contribution in [1.29, 1.82) is 0 Å². The molecule has 0 radical (unpaired) electrons. The summed E-state index contributed by atoms with van der Waals surface area (Å²) < 4.78 is 10.6. The summed E-state index contributed by atoms with van der Waals surface area (Å²) in [6.07, 6.45) is 0.385. The first-order valence-electron chi connectivity index (χ1n) is 8.03. The van der Waals surface area contributed by atoms with Gasteiger partial charge in [-0.3, -0.25) is 4.79 Å². The second-order valence-corrected chi connectivity index (χ2v) is 6.08. The van der Waals surface area contributed by atoms with E-state index in [1.165, 1.54) is 0 Å². The van der Waals surface area contributed by atoms with Crippen molar-refractivity contribution in [3.05, 3.63) is 53.1 Å². The highest BCUT2D eigenvalue weighted by atomic mass is 16.5. The number of nitrogens with one attached hydrogen (secondary N) is 1. The predicted octanol–water partition coefficient (Wildman–Crippen LogP) is 4.45. The smallest absolute Gasteiger partial charge is 0.224 e. The molecule has 1 unspecified atom stereocenters. The van der Waals surface area contributed by atoms with Crippen molar-refractivity contribution >= 4 is 11.6 Å². The first-order chi connectivity index (χ1) is 11.4. The highest BCUT2D eigenvalue weighted by Crippen LogP contribution is 2.32. The van der Waals surface area contributed by atoms with Crippen molar-refractivity contribution in [2.24, 2.45) is 0 Å². The van der Waals surface area contributed by atoms with E-state index in [2.05, 4.69) is 5.32 Å². The topological polar surface area (TPSA) is 47.6 Å². The van der Waals surface area contributed by atoms with Crippen LogP contribution in [0.15, 0.2) is 36.4 Å². The summed E-state index contributed by atoms with van der Waals surface area (Å²) in [5.41, 5.74) is 4.05. The van der Waals surface area contributed by atoms with Crippen LogP contribution >= 0.6 is 0 Å². The number of hydrogen-bond acceptors (Lipinski definition) is 3. The van der Waals surface area contributed by atoms with Crippen molar-refractivity contribution in [1.82, 2.24) is 0 Å². The molecule has 0 saturated heterocycles. The van der Waals surface area contributed by atoms with E-state index in [0.717, 1.165) is 33.9 Å². The fourth-order valence-corrected chi connectivity index (χ4v) is 2.69. The number of rotatable bonds is 6. The summed E-state index contributed by atoms with van der Waals surface area (Å²) in [6.45, 7) is 6.03. The lowest BCUT2D eigenvalue weighted by atomic mass is 9.96. The molecule has 1 N–H and O–H groups in total. The summed E-state index contributed by atoms with van der Waals surface area (Å²) in [4.78, 5) is 12.4. The molecule has 1 amide bonds. The van der Waals surface area contributed by atoms with E-state index in [1.54, 1.807) is 14.2 Å². The lowest BCUT2D eigenvalue weighted by molar-refractivity contribution is -0.116. The van der Waals surface area contributed by atoms with E-state index in [1.807, 2.05) is 57.2 Å². The quantitative estimate of drug-likeness (QED) is 0.852. The lowest BCUT2D eigenvalue weighted by Crippen LogP contribution is -2.15. The number of methoxy groups -OCH3 is 2. The molecule has 0 heterocycles. The van der Waals surface area contributed by atoms with Gasteiger partial charge in [-0.05, 0) is 48.6 Å². The molecule has 0 spiro atoms. The maximum absolute atomic E-state index is 12.4. The molecule has 0 saturated carbocycles. The van der Waals surface area contributed by atoms with E-state index < -0.39 is 0 Å². The van der Waals surface area contributed by atoms with Crippen LogP contribution in [0.1, 0.15) is 36.0 Å². The van der Waals surface area contributed by atoms with Crippen LogP contribution in [-0.4, -0.2) is 20.1 Å². The Morgan fingerprint density at radius 1 is 1.08 bits per heavy atom. The van der Waals surface area contributed by atoms with Crippen molar-refractivity contribution in [3.8, 4) is 11.5 Å². The van der Waals surface area contributed by atoms with Gasteiger partial charge in [0.2, 0.25) is 5.91 Å². The summed E-state index contributed by atoms with van der Waals surface area (Å²) in [6, 6.07) is 11.7. The molecule has 24 heavy (non-hydrogen) atoms. The molecular formula is C20H25NO3. The molecule has 0 aliphatic rings. The zero-order valence-electron chi connectivity index (χ0n) is 15.0. The van der Waals surface area contributed by atoms with E-state index >= 15 is 0 Å². The van der Waals surface area contributed by atoms with Gasteiger partial charge in [0, 0.05) is 18.2 Å². The predicted molar refractivity (Wildman–Crippen MR) is 97.1 cm³/mol. The van der Waals surface area contributed by atoms with Gasteiger partial charge in [0.25, 0.3) is 0 Å². The van der Waals surface area contributed by atoms with Gasteiger partial charge in [0.05, 0.1) is 14.2 Å². The molecule has 128 valence electrons. The van der Waals surface area contributed by atoms with Gasteiger partial charge in [-0.15, -0.1) is 0 Å². The lowest BCUT2D eigenvalue weighted by Gasteiger charge is -2.17. The van der Waals surface area contributed by atoms with E-state index in [0.29, 0.717) is 6.42 Å². The molecule has 2 aromatic rings. The minimum Gasteiger partial charge on any atom is -0.497 e. The monoisotopic (exact) mass is 327 g/mol. The fourth-order valence-electron chi connectivity index (χ4n) is 2.69. The molecule has 1 atom stereocenters. The number of aryl methyl sites for hydroxylation is 2. The molecule has 2 aromatic carbocycles. The first kappa shape index (κ1) is 17.9. The summed E-state index contributed by atoms with van der Waals surface area (Å²) >= 11 is 0. The Balaban J connectivity index is 2.10. The van der Waals surface area contributed by atoms with Crippen molar-refractivity contribution in [2.75, 3.05) is 19.5 Å². The number of ether oxygens (including phenoxy) is 2. The van der Waals surface area contributed by atoms with Crippen molar-refractivity contribution in [2.45, 2.75) is 33.1 Å². The van der Waals surface area contributed by atoms with E-state index in [9.17, 15) is 4.79 Å². The van der Waals surface area contributed by atoms with E-state index in [4.69, 9.17) is 9.47 Å². The Morgan fingerprint density at radius 2 is 1.83 bits per heavy atom. The number of anilines is 1. The van der Waals surface area contributed by atoms with Gasteiger partial charge in [0.1, 0.15) is 11.5 Å². The third-order valence-corrected chi connectivity index (χ3v) is 4.13. The second-order valence-electron chi connectivity index (χ2n) is 6.08. The Bertz CT molecular complexity index is 725. The van der Waals surface area contributed by atoms with Crippen LogP contribution in [0.3, 0.4) is 0 Å². The summed E-state index contributed by atoms with van der Waals surface area (Å²) in [7, 11) is 3.25. The maximum Gasteiger partial charge on any atom is 0.224 e. The highest BCUT2D eigenvalue weighted by molar-refractivity contribution is 5.92. The Labute approximate surface area is 143 Å². The van der Waals surface area contributed by atoms with Crippen LogP contribution in [0, 0.1) is 13.8 Å². The minimum absolute atomic E-state index is 0.00549. The van der Waals surface area contributed by atoms with Gasteiger partial charge in [-0.2, -0.15) is 0 Å². The van der Waals surface area contributed by atoms with Crippen LogP contribution in [0.2, 0.25) is 0 Å². The fraction of sp³-hybridized carbons (Fsp3) is 0.350. The summed E-state index contributed by atoms with van der Waals surface area (Å²) in [5.74, 6) is 1.51. The average Bonchev–Trinajstić information content (AvgIpc) is 2.57. The van der Waals surface area contributed by atoms with Gasteiger partial charge in [0.15, 0.2) is 0 Å². The van der Waals surface area contributed by atoms with Gasteiger partial charge in [-0.25, -0.2) is 0 Å². The van der Waals surface area contributed by atoms with Crippen LogP contribution in [0.5, 0.6) is 11.5 Å². The third-order valence-electron chi connectivity index (χ3n) is 4.13. The zero-order chi connectivity index (χ0) is 17.7. The molecule has 0 aromatic heterocycles. The standard InChI is InChI=1S/C20H25NO3/c1-13-6-7-14(2)18(10-13)21-20(22)11-15(3)17-9-8-16(23-4)12-19(17)24-5/h6-10,12,15H,11H2,1-5H3,(H,21,22). The van der Waals surface area contributed by atoms with Crippen LogP contribution < -0.4 is 14.8 Å². The third kappa shape index (κ3) is 4.28. The molecule has 0 fully saturated rings. The summed E-state index contributed by atoms with van der Waals surface area (Å²) in [5, 5.41) is 3.01. The molecule has 2 rings (SSSR count). The number of benzene rings is 2. The van der Waals surface area contributed by atoms with Crippen molar-refractivity contribution in [3.63, 3.8) is 0 Å².